The average molecular weight is 207 g/mol. The summed E-state index contributed by atoms with van der Waals surface area (Å²) in [4.78, 5) is 1.75. The van der Waals surface area contributed by atoms with Crippen molar-refractivity contribution < 1.29 is 8.78 Å². The summed E-state index contributed by atoms with van der Waals surface area (Å²) in [6.45, 7) is 0.790. The second-order valence-corrected chi connectivity index (χ2v) is 3.56. The molecule has 0 aromatic heterocycles. The van der Waals surface area contributed by atoms with Gasteiger partial charge >= 0.3 is 0 Å². The zero-order valence-electron chi connectivity index (χ0n) is 8.16. The van der Waals surface area contributed by atoms with Crippen LogP contribution in [0, 0.1) is 12.5 Å². The number of hydrogen-bond donors (Lipinski definition) is 0. The number of terminal acetylenes is 1. The van der Waals surface area contributed by atoms with Gasteiger partial charge in [0, 0.05) is 18.2 Å². The van der Waals surface area contributed by atoms with E-state index in [2.05, 4.69) is 6.04 Å². The van der Waals surface area contributed by atoms with Crippen molar-refractivity contribution in [2.45, 2.75) is 18.9 Å². The Bertz CT molecular complexity index is 395. The van der Waals surface area contributed by atoms with Gasteiger partial charge in [-0.25, -0.2) is 8.78 Å². The monoisotopic (exact) mass is 207 g/mol. The van der Waals surface area contributed by atoms with Crippen LogP contribution in [0.5, 0.6) is 0 Å². The van der Waals surface area contributed by atoms with Gasteiger partial charge in [0.25, 0.3) is 6.43 Å². The lowest BCUT2D eigenvalue weighted by Gasteiger charge is -2.39. The first-order valence-electron chi connectivity index (χ1n) is 4.84. The van der Waals surface area contributed by atoms with Gasteiger partial charge in [0.15, 0.2) is 0 Å². The van der Waals surface area contributed by atoms with E-state index in [1.165, 1.54) is 6.07 Å². The molecule has 1 aliphatic heterocycles. The van der Waals surface area contributed by atoms with E-state index in [4.69, 9.17) is 6.42 Å². The van der Waals surface area contributed by atoms with Gasteiger partial charge in [-0.05, 0) is 12.0 Å². The Morgan fingerprint density at radius 3 is 2.67 bits per heavy atom. The summed E-state index contributed by atoms with van der Waals surface area (Å²) in [7, 11) is 0. The molecule has 1 aliphatic rings. The number of alkyl halides is 2. The van der Waals surface area contributed by atoms with Crippen molar-refractivity contribution >= 4 is 0 Å². The van der Waals surface area contributed by atoms with Crippen molar-refractivity contribution in [1.29, 1.82) is 0 Å². The molecule has 2 rings (SSSR count). The van der Waals surface area contributed by atoms with Crippen LogP contribution < -0.4 is 0 Å². The standard InChI is InChI=1S/C12H11F2N/c1-2-15-8-7-11(15)9-5-3-4-6-10(9)12(13)14/h1,3-6,11-12H,7-8H2. The Labute approximate surface area is 87.7 Å². The number of rotatable bonds is 2. The summed E-state index contributed by atoms with van der Waals surface area (Å²) in [6.07, 6.45) is 3.70. The maximum Gasteiger partial charge on any atom is 0.264 e. The number of halogens is 2. The molecule has 0 amide bonds. The maximum absolute atomic E-state index is 12.7. The molecule has 0 saturated carbocycles. The largest absolute Gasteiger partial charge is 0.325 e. The minimum Gasteiger partial charge on any atom is -0.325 e. The topological polar surface area (TPSA) is 3.24 Å². The van der Waals surface area contributed by atoms with Crippen molar-refractivity contribution in [2.75, 3.05) is 6.54 Å². The molecular weight excluding hydrogens is 196 g/mol. The molecule has 0 bridgehead atoms. The van der Waals surface area contributed by atoms with E-state index in [-0.39, 0.29) is 11.6 Å². The zero-order chi connectivity index (χ0) is 10.8. The summed E-state index contributed by atoms with van der Waals surface area (Å²) in [6, 6.07) is 9.07. The molecule has 1 heterocycles. The maximum atomic E-state index is 12.7. The van der Waals surface area contributed by atoms with Gasteiger partial charge < -0.3 is 4.90 Å². The minimum absolute atomic E-state index is 0.0276. The zero-order valence-corrected chi connectivity index (χ0v) is 8.16. The Hall–Kier alpha value is -1.56. The van der Waals surface area contributed by atoms with Crippen molar-refractivity contribution in [2.24, 2.45) is 0 Å². The molecule has 1 saturated heterocycles. The minimum atomic E-state index is -2.43. The van der Waals surface area contributed by atoms with Gasteiger partial charge in [0.05, 0.1) is 6.04 Å². The predicted octanol–water partition coefficient (Wildman–Crippen LogP) is 2.96. The fourth-order valence-electron chi connectivity index (χ4n) is 1.88. The quantitative estimate of drug-likeness (QED) is 0.674. The summed E-state index contributed by atoms with van der Waals surface area (Å²) in [5.41, 5.74) is 0.763. The molecular formula is C12H11F2N. The molecule has 0 radical (unpaired) electrons. The Morgan fingerprint density at radius 1 is 1.40 bits per heavy atom. The van der Waals surface area contributed by atoms with Gasteiger partial charge in [-0.1, -0.05) is 30.7 Å². The first kappa shape index (κ1) is 9.97. The molecule has 0 spiro atoms. The van der Waals surface area contributed by atoms with Gasteiger partial charge in [0.1, 0.15) is 0 Å². The van der Waals surface area contributed by atoms with E-state index in [9.17, 15) is 8.78 Å². The smallest absolute Gasteiger partial charge is 0.264 e. The Morgan fingerprint density at radius 2 is 2.13 bits per heavy atom. The van der Waals surface area contributed by atoms with Crippen molar-refractivity contribution in [3.8, 4) is 12.5 Å². The SMILES string of the molecule is C#CN1CCC1c1ccccc1C(F)F. The highest BCUT2D eigenvalue weighted by atomic mass is 19.3. The van der Waals surface area contributed by atoms with Crippen LogP contribution in [0.25, 0.3) is 0 Å². The van der Waals surface area contributed by atoms with E-state index in [0.717, 1.165) is 13.0 Å². The lowest BCUT2D eigenvalue weighted by Crippen LogP contribution is -2.37. The predicted molar refractivity (Wildman–Crippen MR) is 54.3 cm³/mol. The third-order valence-electron chi connectivity index (χ3n) is 2.78. The lowest BCUT2D eigenvalue weighted by molar-refractivity contribution is 0.135. The van der Waals surface area contributed by atoms with Crippen LogP contribution in [0.4, 0.5) is 8.78 Å². The fraction of sp³-hybridized carbons (Fsp3) is 0.333. The molecule has 1 nitrogen and oxygen atoms in total. The van der Waals surface area contributed by atoms with Crippen LogP contribution in [0.15, 0.2) is 24.3 Å². The fourth-order valence-corrected chi connectivity index (χ4v) is 1.88. The summed E-state index contributed by atoms with van der Waals surface area (Å²) in [5.74, 6) is 0. The molecule has 78 valence electrons. The number of benzene rings is 1. The highest BCUT2D eigenvalue weighted by Crippen LogP contribution is 2.37. The summed E-state index contributed by atoms with van der Waals surface area (Å²) < 4.78 is 25.4. The van der Waals surface area contributed by atoms with E-state index in [1.807, 2.05) is 0 Å². The number of likely N-dealkylation sites (tertiary alicyclic amines) is 1. The van der Waals surface area contributed by atoms with E-state index in [1.54, 1.807) is 23.1 Å². The van der Waals surface area contributed by atoms with Gasteiger partial charge in [-0.15, -0.1) is 0 Å². The normalized spacial score (nSPS) is 19.9. The Kier molecular flexibility index (Phi) is 2.59. The van der Waals surface area contributed by atoms with Crippen LogP contribution in [-0.2, 0) is 0 Å². The first-order chi connectivity index (χ1) is 7.24. The highest BCUT2D eigenvalue weighted by molar-refractivity contribution is 5.33. The van der Waals surface area contributed by atoms with Crippen LogP contribution in [-0.4, -0.2) is 11.4 Å². The van der Waals surface area contributed by atoms with Crippen LogP contribution in [0.2, 0.25) is 0 Å². The first-order valence-corrected chi connectivity index (χ1v) is 4.84. The summed E-state index contributed by atoms with van der Waals surface area (Å²) in [5, 5.41) is 0. The van der Waals surface area contributed by atoms with Gasteiger partial charge in [-0.2, -0.15) is 0 Å². The van der Waals surface area contributed by atoms with Crippen LogP contribution >= 0.6 is 0 Å². The molecule has 1 fully saturated rings. The number of nitrogens with zero attached hydrogens (tertiary/aromatic N) is 1. The van der Waals surface area contributed by atoms with Crippen LogP contribution in [0.3, 0.4) is 0 Å². The van der Waals surface area contributed by atoms with E-state index in [0.29, 0.717) is 5.56 Å². The third-order valence-corrected chi connectivity index (χ3v) is 2.78. The van der Waals surface area contributed by atoms with Crippen molar-refractivity contribution in [3.05, 3.63) is 35.4 Å². The molecule has 0 N–H and O–H groups in total. The Balaban J connectivity index is 2.32. The molecule has 1 aromatic carbocycles. The van der Waals surface area contributed by atoms with Crippen LogP contribution in [0.1, 0.15) is 30.0 Å². The highest BCUT2D eigenvalue weighted by Gasteiger charge is 2.30. The molecule has 15 heavy (non-hydrogen) atoms. The van der Waals surface area contributed by atoms with Gasteiger partial charge in [0.2, 0.25) is 0 Å². The number of hydrogen-bond acceptors (Lipinski definition) is 1. The second kappa shape index (κ2) is 3.90. The van der Waals surface area contributed by atoms with Gasteiger partial charge in [-0.3, -0.25) is 0 Å². The lowest BCUT2D eigenvalue weighted by atomic mass is 9.91. The van der Waals surface area contributed by atoms with E-state index < -0.39 is 6.43 Å². The third kappa shape index (κ3) is 1.68. The van der Waals surface area contributed by atoms with E-state index >= 15 is 0 Å². The average Bonchev–Trinajstić information content (AvgIpc) is 2.17. The van der Waals surface area contributed by atoms with Crippen molar-refractivity contribution in [3.63, 3.8) is 0 Å². The van der Waals surface area contributed by atoms with Crippen molar-refractivity contribution in [1.82, 2.24) is 4.90 Å². The molecule has 1 aromatic rings. The molecule has 0 aliphatic carbocycles. The molecule has 3 heteroatoms. The second-order valence-electron chi connectivity index (χ2n) is 3.56. The molecule has 1 unspecified atom stereocenters. The molecule has 1 atom stereocenters. The summed E-state index contributed by atoms with van der Waals surface area (Å²) >= 11 is 0.